The first-order valence-corrected chi connectivity index (χ1v) is 9.96. The average molecular weight is 448 g/mol. The monoisotopic (exact) mass is 448 g/mol. The lowest BCUT2D eigenvalue weighted by Gasteiger charge is -2.33. The van der Waals surface area contributed by atoms with Gasteiger partial charge < -0.3 is 20.3 Å². The first-order chi connectivity index (χ1) is 15.3. The van der Waals surface area contributed by atoms with Gasteiger partial charge in [-0.2, -0.15) is 13.2 Å². The fourth-order valence-electron chi connectivity index (χ4n) is 3.25. The smallest absolute Gasteiger partial charge is 0.475 e. The second-order valence-corrected chi connectivity index (χ2v) is 7.16. The number of aliphatic carboxylic acids is 1. The van der Waals surface area contributed by atoms with E-state index in [0.717, 1.165) is 49.0 Å². The number of rotatable bonds is 5. The van der Waals surface area contributed by atoms with Crippen LogP contribution in [0.5, 0.6) is 0 Å². The van der Waals surface area contributed by atoms with Crippen LogP contribution in [0.15, 0.2) is 55.1 Å². The van der Waals surface area contributed by atoms with E-state index < -0.39 is 12.1 Å². The third-order valence-corrected chi connectivity index (χ3v) is 4.79. The number of carbonyl (C=O) groups is 1. The molecule has 3 aromatic rings. The van der Waals surface area contributed by atoms with Crippen molar-refractivity contribution in [1.29, 1.82) is 0 Å². The van der Waals surface area contributed by atoms with Crippen LogP contribution in [0.2, 0.25) is 0 Å². The molecule has 170 valence electrons. The third kappa shape index (κ3) is 6.77. The number of carboxylic acids is 1. The van der Waals surface area contributed by atoms with Gasteiger partial charge in [-0.1, -0.05) is 30.3 Å². The Morgan fingerprint density at radius 3 is 2.59 bits per heavy atom. The van der Waals surface area contributed by atoms with Crippen LogP contribution in [0, 0.1) is 0 Å². The van der Waals surface area contributed by atoms with Gasteiger partial charge in [0.2, 0.25) is 0 Å². The molecule has 1 aliphatic heterocycles. The molecule has 3 heterocycles. The van der Waals surface area contributed by atoms with E-state index in [2.05, 4.69) is 42.3 Å². The van der Waals surface area contributed by atoms with Crippen molar-refractivity contribution < 1.29 is 23.1 Å². The van der Waals surface area contributed by atoms with Crippen LogP contribution in [0.1, 0.15) is 18.5 Å². The number of aromatic nitrogens is 4. The zero-order valence-electron chi connectivity index (χ0n) is 17.1. The fourth-order valence-corrected chi connectivity index (χ4v) is 3.25. The highest BCUT2D eigenvalue weighted by Gasteiger charge is 2.38. The number of piperidine rings is 1. The van der Waals surface area contributed by atoms with Gasteiger partial charge >= 0.3 is 12.1 Å². The van der Waals surface area contributed by atoms with E-state index in [1.807, 2.05) is 30.6 Å². The summed E-state index contributed by atoms with van der Waals surface area (Å²) in [6.45, 7) is 2.79. The fraction of sp³-hybridized carbons (Fsp3) is 0.333. The average Bonchev–Trinajstić information content (AvgIpc) is 3.28. The zero-order valence-corrected chi connectivity index (χ0v) is 17.1. The zero-order chi connectivity index (χ0) is 23.0. The van der Waals surface area contributed by atoms with Crippen LogP contribution in [0.4, 0.5) is 19.0 Å². The molecule has 4 rings (SSSR count). The Morgan fingerprint density at radius 1 is 1.19 bits per heavy atom. The molecular weight excluding hydrogens is 425 g/mol. The maximum absolute atomic E-state index is 10.6. The van der Waals surface area contributed by atoms with Crippen molar-refractivity contribution in [2.75, 3.05) is 18.0 Å². The van der Waals surface area contributed by atoms with Gasteiger partial charge in [0.1, 0.15) is 11.6 Å². The summed E-state index contributed by atoms with van der Waals surface area (Å²) in [6.07, 6.45) is 4.47. The number of carboxylic acid groups (broad SMARTS) is 1. The molecule has 1 aromatic carbocycles. The van der Waals surface area contributed by atoms with Crippen LogP contribution < -0.4 is 10.2 Å². The summed E-state index contributed by atoms with van der Waals surface area (Å²) >= 11 is 0. The number of nitrogens with one attached hydrogen (secondary N) is 2. The summed E-state index contributed by atoms with van der Waals surface area (Å²) in [7, 11) is 0. The molecule has 1 aliphatic rings. The number of hydrogen-bond donors (Lipinski definition) is 3. The molecule has 0 radical (unpaired) electrons. The molecule has 1 unspecified atom stereocenters. The van der Waals surface area contributed by atoms with Crippen molar-refractivity contribution in [3.05, 3.63) is 60.8 Å². The van der Waals surface area contributed by atoms with Crippen LogP contribution >= 0.6 is 0 Å². The van der Waals surface area contributed by atoms with Gasteiger partial charge in [-0.25, -0.2) is 14.8 Å². The largest absolute Gasteiger partial charge is 0.490 e. The van der Waals surface area contributed by atoms with Crippen LogP contribution in [-0.2, 0) is 11.3 Å². The number of halogens is 3. The predicted molar refractivity (Wildman–Crippen MR) is 112 cm³/mol. The lowest BCUT2D eigenvalue weighted by atomic mass is 10.1. The molecule has 11 heteroatoms. The van der Waals surface area contributed by atoms with Crippen molar-refractivity contribution in [3.63, 3.8) is 0 Å². The SMILES string of the molecule is O=C(O)C(F)(F)F.c1ccc(-c2ncc(CNC3CCCN(c4cnccn4)C3)[nH]2)cc1. The van der Waals surface area contributed by atoms with E-state index in [0.29, 0.717) is 6.04 Å². The van der Waals surface area contributed by atoms with Gasteiger partial charge in [-0.05, 0) is 12.8 Å². The Hall–Kier alpha value is -3.47. The lowest BCUT2D eigenvalue weighted by Crippen LogP contribution is -2.45. The third-order valence-electron chi connectivity index (χ3n) is 4.79. The predicted octanol–water partition coefficient (Wildman–Crippen LogP) is 3.26. The number of benzene rings is 1. The highest BCUT2D eigenvalue weighted by molar-refractivity contribution is 5.73. The maximum atomic E-state index is 10.6. The first-order valence-electron chi connectivity index (χ1n) is 9.96. The lowest BCUT2D eigenvalue weighted by molar-refractivity contribution is -0.192. The molecular formula is C21H23F3N6O2. The van der Waals surface area contributed by atoms with Crippen molar-refractivity contribution in [1.82, 2.24) is 25.3 Å². The molecule has 1 atom stereocenters. The van der Waals surface area contributed by atoms with Gasteiger partial charge in [0.05, 0.1) is 6.20 Å². The first kappa shape index (κ1) is 23.2. The molecule has 1 fully saturated rings. The van der Waals surface area contributed by atoms with Crippen molar-refractivity contribution in [2.24, 2.45) is 0 Å². The molecule has 0 aliphatic carbocycles. The number of alkyl halides is 3. The molecule has 0 amide bonds. The Bertz CT molecular complexity index is 982. The van der Waals surface area contributed by atoms with Gasteiger partial charge in [-0.15, -0.1) is 0 Å². The van der Waals surface area contributed by atoms with Gasteiger partial charge in [0.15, 0.2) is 0 Å². The number of aromatic amines is 1. The normalized spacial score (nSPS) is 16.2. The summed E-state index contributed by atoms with van der Waals surface area (Å²) in [5, 5.41) is 10.8. The molecule has 8 nitrogen and oxygen atoms in total. The van der Waals surface area contributed by atoms with E-state index in [4.69, 9.17) is 9.90 Å². The van der Waals surface area contributed by atoms with Crippen LogP contribution in [0.25, 0.3) is 11.4 Å². The van der Waals surface area contributed by atoms with Crippen molar-refractivity contribution in [2.45, 2.75) is 31.6 Å². The molecule has 2 aromatic heterocycles. The molecule has 1 saturated heterocycles. The minimum Gasteiger partial charge on any atom is -0.475 e. The Labute approximate surface area is 182 Å². The van der Waals surface area contributed by atoms with Crippen LogP contribution in [-0.4, -0.2) is 56.3 Å². The minimum atomic E-state index is -5.08. The van der Waals surface area contributed by atoms with Gasteiger partial charge in [0, 0.05) is 55.5 Å². The Kier molecular flexibility index (Phi) is 7.77. The van der Waals surface area contributed by atoms with Crippen LogP contribution in [0.3, 0.4) is 0 Å². The highest BCUT2D eigenvalue weighted by Crippen LogP contribution is 2.18. The van der Waals surface area contributed by atoms with E-state index in [-0.39, 0.29) is 0 Å². The van der Waals surface area contributed by atoms with Crippen molar-refractivity contribution >= 4 is 11.8 Å². The summed E-state index contributed by atoms with van der Waals surface area (Å²) in [4.78, 5) is 27.7. The molecule has 0 bridgehead atoms. The van der Waals surface area contributed by atoms with E-state index in [1.54, 1.807) is 12.4 Å². The van der Waals surface area contributed by atoms with Crippen molar-refractivity contribution in [3.8, 4) is 11.4 Å². The summed E-state index contributed by atoms with van der Waals surface area (Å²) in [6, 6.07) is 10.6. The summed E-state index contributed by atoms with van der Waals surface area (Å²) in [5.41, 5.74) is 2.22. The van der Waals surface area contributed by atoms with E-state index in [9.17, 15) is 13.2 Å². The van der Waals surface area contributed by atoms with Gasteiger partial charge in [0.25, 0.3) is 0 Å². The number of anilines is 1. The second kappa shape index (κ2) is 10.7. The minimum absolute atomic E-state index is 0.444. The molecule has 32 heavy (non-hydrogen) atoms. The highest BCUT2D eigenvalue weighted by atomic mass is 19.4. The number of imidazole rings is 1. The molecule has 0 spiro atoms. The quantitative estimate of drug-likeness (QED) is 0.550. The Balaban J connectivity index is 0.000000360. The van der Waals surface area contributed by atoms with E-state index >= 15 is 0 Å². The number of H-pyrrole nitrogens is 1. The second-order valence-electron chi connectivity index (χ2n) is 7.16. The Morgan fingerprint density at radius 2 is 1.94 bits per heavy atom. The number of nitrogens with zero attached hydrogens (tertiary/aromatic N) is 4. The maximum Gasteiger partial charge on any atom is 0.490 e. The summed E-state index contributed by atoms with van der Waals surface area (Å²) < 4.78 is 31.7. The number of hydrogen-bond acceptors (Lipinski definition) is 6. The summed E-state index contributed by atoms with van der Waals surface area (Å²) in [5.74, 6) is -0.878. The standard InChI is InChI=1S/C19H22N6.C2HF3O2/c1-2-5-15(6-3-1)19-23-12-17(24-19)11-22-16-7-4-10-25(14-16)18-13-20-8-9-21-18;3-2(4,5)1(6)7/h1-3,5-6,8-9,12-13,16,22H,4,7,10-11,14H2,(H,23,24);(H,6,7). The van der Waals surface area contributed by atoms with E-state index in [1.165, 1.54) is 6.42 Å². The molecule has 3 N–H and O–H groups in total. The topological polar surface area (TPSA) is 107 Å². The molecule has 0 saturated carbocycles. The van der Waals surface area contributed by atoms with Gasteiger partial charge in [-0.3, -0.25) is 4.98 Å².